The molecule has 1 aliphatic rings. The molecule has 118 valence electrons. The number of hydrogen-bond acceptors (Lipinski definition) is 5. The number of nitrogens with one attached hydrogen (secondary N) is 1. The smallest absolute Gasteiger partial charge is 0.251 e. The van der Waals surface area contributed by atoms with Crippen LogP contribution in [0.25, 0.3) is 0 Å². The number of carbonyl (C=O) groups is 1. The normalized spacial score (nSPS) is 28.1. The fraction of sp³-hybridized carbons (Fsp3) is 0.929. The Hall–Kier alpha value is -0.690. The highest BCUT2D eigenvalue weighted by atomic mass is 16.5. The van der Waals surface area contributed by atoms with Crippen molar-refractivity contribution in [3.63, 3.8) is 0 Å². The van der Waals surface area contributed by atoms with Crippen molar-refractivity contribution < 1.29 is 24.9 Å². The van der Waals surface area contributed by atoms with E-state index in [4.69, 9.17) is 9.84 Å². The van der Waals surface area contributed by atoms with Gasteiger partial charge in [0.05, 0.1) is 24.9 Å². The van der Waals surface area contributed by atoms with Crippen molar-refractivity contribution >= 4 is 5.91 Å². The summed E-state index contributed by atoms with van der Waals surface area (Å²) in [6.07, 6.45) is 1.52. The summed E-state index contributed by atoms with van der Waals surface area (Å²) in [6, 6.07) is 0. The molecule has 0 radical (unpaired) electrons. The molecule has 0 aromatic carbocycles. The molecule has 0 aromatic heterocycles. The quantitative estimate of drug-likeness (QED) is 0.469. The predicted molar refractivity (Wildman–Crippen MR) is 74.1 cm³/mol. The highest BCUT2D eigenvalue weighted by Crippen LogP contribution is 2.21. The van der Waals surface area contributed by atoms with Crippen molar-refractivity contribution in [2.45, 2.75) is 69.9 Å². The summed E-state index contributed by atoms with van der Waals surface area (Å²) in [4.78, 5) is 11.8. The van der Waals surface area contributed by atoms with Crippen LogP contribution >= 0.6 is 0 Å². The third-order valence-electron chi connectivity index (χ3n) is 3.56. The van der Waals surface area contributed by atoms with E-state index in [1.165, 1.54) is 0 Å². The topological polar surface area (TPSA) is 99.0 Å². The van der Waals surface area contributed by atoms with Crippen LogP contribution in [0.15, 0.2) is 0 Å². The van der Waals surface area contributed by atoms with Gasteiger partial charge in [-0.3, -0.25) is 4.79 Å². The molecule has 0 bridgehead atoms. The fourth-order valence-electron chi connectivity index (χ4n) is 2.38. The summed E-state index contributed by atoms with van der Waals surface area (Å²) in [5.41, 5.74) is 0. The Morgan fingerprint density at radius 3 is 2.75 bits per heavy atom. The van der Waals surface area contributed by atoms with E-state index in [9.17, 15) is 15.0 Å². The van der Waals surface area contributed by atoms with Crippen molar-refractivity contribution in [3.8, 4) is 0 Å². The van der Waals surface area contributed by atoms with Crippen LogP contribution in [-0.2, 0) is 9.53 Å². The number of carbonyl (C=O) groups excluding carboxylic acids is 1. The molecular formula is C14H27NO5. The molecule has 0 saturated carbocycles. The van der Waals surface area contributed by atoms with Crippen LogP contribution in [0.2, 0.25) is 0 Å². The highest BCUT2D eigenvalue weighted by molar-refractivity contribution is 5.81. The predicted octanol–water partition coefficient (Wildman–Crippen LogP) is -0.0554. The van der Waals surface area contributed by atoms with Crippen LogP contribution in [0.3, 0.4) is 0 Å². The SMILES string of the molecule is CCCCCCNC(=O)C(O)C1CC(O)CC(CO)O1. The van der Waals surface area contributed by atoms with Gasteiger partial charge in [-0.2, -0.15) is 0 Å². The number of amides is 1. The molecule has 1 saturated heterocycles. The molecule has 1 aliphatic heterocycles. The molecule has 0 aromatic rings. The fourth-order valence-corrected chi connectivity index (χ4v) is 2.38. The Morgan fingerprint density at radius 1 is 1.35 bits per heavy atom. The Bertz CT molecular complexity index is 287. The van der Waals surface area contributed by atoms with Gasteiger partial charge in [-0.1, -0.05) is 26.2 Å². The van der Waals surface area contributed by atoms with E-state index in [0.29, 0.717) is 13.0 Å². The number of ether oxygens (including phenoxy) is 1. The lowest BCUT2D eigenvalue weighted by Gasteiger charge is -2.34. The lowest BCUT2D eigenvalue weighted by atomic mass is 9.97. The zero-order valence-corrected chi connectivity index (χ0v) is 12.1. The molecule has 4 unspecified atom stereocenters. The second-order valence-electron chi connectivity index (χ2n) is 5.40. The Balaban J connectivity index is 2.32. The van der Waals surface area contributed by atoms with E-state index in [0.717, 1.165) is 25.7 Å². The van der Waals surface area contributed by atoms with E-state index in [-0.39, 0.29) is 13.0 Å². The van der Waals surface area contributed by atoms with E-state index < -0.39 is 30.3 Å². The van der Waals surface area contributed by atoms with Crippen molar-refractivity contribution in [2.75, 3.05) is 13.2 Å². The third kappa shape index (κ3) is 5.75. The molecule has 1 fully saturated rings. The van der Waals surface area contributed by atoms with Crippen LogP contribution in [0.1, 0.15) is 45.4 Å². The molecule has 0 spiro atoms. The number of hydrogen-bond donors (Lipinski definition) is 4. The van der Waals surface area contributed by atoms with Gasteiger partial charge in [0, 0.05) is 19.4 Å². The molecular weight excluding hydrogens is 262 g/mol. The van der Waals surface area contributed by atoms with Gasteiger partial charge in [0.25, 0.3) is 5.91 Å². The molecule has 20 heavy (non-hydrogen) atoms. The summed E-state index contributed by atoms with van der Waals surface area (Å²) < 4.78 is 5.41. The van der Waals surface area contributed by atoms with Gasteiger partial charge in [0.1, 0.15) is 0 Å². The number of aliphatic hydroxyl groups excluding tert-OH is 3. The van der Waals surface area contributed by atoms with Gasteiger partial charge in [0.2, 0.25) is 0 Å². The maximum Gasteiger partial charge on any atom is 0.251 e. The van der Waals surface area contributed by atoms with Crippen LogP contribution in [-0.4, -0.2) is 58.8 Å². The van der Waals surface area contributed by atoms with E-state index in [1.54, 1.807) is 0 Å². The first-order valence-corrected chi connectivity index (χ1v) is 7.48. The third-order valence-corrected chi connectivity index (χ3v) is 3.56. The van der Waals surface area contributed by atoms with Gasteiger partial charge >= 0.3 is 0 Å². The van der Waals surface area contributed by atoms with Gasteiger partial charge in [-0.05, 0) is 6.42 Å². The summed E-state index contributed by atoms with van der Waals surface area (Å²) in [6.45, 7) is 2.43. The Kier molecular flexibility index (Phi) is 8.06. The zero-order chi connectivity index (χ0) is 15.0. The monoisotopic (exact) mass is 289 g/mol. The summed E-state index contributed by atoms with van der Waals surface area (Å²) in [7, 11) is 0. The van der Waals surface area contributed by atoms with E-state index in [2.05, 4.69) is 12.2 Å². The lowest BCUT2D eigenvalue weighted by molar-refractivity contribution is -0.163. The van der Waals surface area contributed by atoms with Crippen LogP contribution in [0.5, 0.6) is 0 Å². The van der Waals surface area contributed by atoms with Gasteiger partial charge in [-0.25, -0.2) is 0 Å². The second kappa shape index (κ2) is 9.28. The maximum atomic E-state index is 11.8. The number of unbranched alkanes of at least 4 members (excludes halogenated alkanes) is 3. The summed E-state index contributed by atoms with van der Waals surface area (Å²) in [5, 5.41) is 31.3. The first kappa shape index (κ1) is 17.4. The van der Waals surface area contributed by atoms with E-state index in [1.807, 2.05) is 0 Å². The zero-order valence-electron chi connectivity index (χ0n) is 12.1. The minimum Gasteiger partial charge on any atom is -0.394 e. The minimum absolute atomic E-state index is 0.209. The minimum atomic E-state index is -1.30. The molecule has 4 atom stereocenters. The first-order valence-electron chi connectivity index (χ1n) is 7.48. The highest BCUT2D eigenvalue weighted by Gasteiger charge is 2.35. The van der Waals surface area contributed by atoms with Crippen LogP contribution in [0, 0.1) is 0 Å². The molecule has 1 rings (SSSR count). The number of rotatable bonds is 8. The van der Waals surface area contributed by atoms with E-state index >= 15 is 0 Å². The largest absolute Gasteiger partial charge is 0.394 e. The Morgan fingerprint density at radius 2 is 2.10 bits per heavy atom. The van der Waals surface area contributed by atoms with Crippen molar-refractivity contribution in [1.29, 1.82) is 0 Å². The van der Waals surface area contributed by atoms with Crippen molar-refractivity contribution in [3.05, 3.63) is 0 Å². The number of aliphatic hydroxyl groups is 3. The molecule has 0 aliphatic carbocycles. The van der Waals surface area contributed by atoms with Gasteiger partial charge in [-0.15, -0.1) is 0 Å². The van der Waals surface area contributed by atoms with Gasteiger partial charge < -0.3 is 25.4 Å². The average molecular weight is 289 g/mol. The van der Waals surface area contributed by atoms with Crippen LogP contribution < -0.4 is 5.32 Å². The maximum absolute atomic E-state index is 11.8. The molecule has 6 nitrogen and oxygen atoms in total. The Labute approximate surface area is 120 Å². The lowest BCUT2D eigenvalue weighted by Crippen LogP contribution is -2.49. The van der Waals surface area contributed by atoms with Crippen LogP contribution in [0.4, 0.5) is 0 Å². The first-order chi connectivity index (χ1) is 9.58. The standard InChI is InChI=1S/C14H27NO5/c1-2-3-4-5-6-15-14(19)13(18)12-8-10(17)7-11(9-16)20-12/h10-13,16-18H,2-9H2,1H3,(H,15,19). The van der Waals surface area contributed by atoms with Gasteiger partial charge in [0.15, 0.2) is 6.10 Å². The summed E-state index contributed by atoms with van der Waals surface area (Å²) in [5.74, 6) is -0.475. The second-order valence-corrected chi connectivity index (χ2v) is 5.40. The molecule has 1 amide bonds. The molecule has 1 heterocycles. The summed E-state index contributed by atoms with van der Waals surface area (Å²) >= 11 is 0. The molecule has 4 N–H and O–H groups in total. The van der Waals surface area contributed by atoms with Crippen molar-refractivity contribution in [2.24, 2.45) is 0 Å². The average Bonchev–Trinajstić information content (AvgIpc) is 2.45. The van der Waals surface area contributed by atoms with Crippen molar-refractivity contribution in [1.82, 2.24) is 5.32 Å². The molecule has 6 heteroatoms.